The normalized spacial score (nSPS) is 19.9. The summed E-state index contributed by atoms with van der Waals surface area (Å²) in [4.78, 5) is 29.8. The first-order valence-corrected chi connectivity index (χ1v) is 11.0. The summed E-state index contributed by atoms with van der Waals surface area (Å²) in [5.74, 6) is -0.0390. The van der Waals surface area contributed by atoms with Gasteiger partial charge < -0.3 is 10.2 Å². The van der Waals surface area contributed by atoms with Crippen molar-refractivity contribution >= 4 is 11.8 Å². The molecule has 160 valence electrons. The maximum atomic E-state index is 13.9. The Morgan fingerprint density at radius 2 is 1.72 bits per heavy atom. The van der Waals surface area contributed by atoms with E-state index in [2.05, 4.69) is 10.2 Å². The molecule has 1 aliphatic heterocycles. The summed E-state index contributed by atoms with van der Waals surface area (Å²) in [6, 6.07) is 6.37. The van der Waals surface area contributed by atoms with Gasteiger partial charge in [0.2, 0.25) is 11.8 Å². The summed E-state index contributed by atoms with van der Waals surface area (Å²) in [6.45, 7) is 7.16. The summed E-state index contributed by atoms with van der Waals surface area (Å²) in [7, 11) is 0. The molecule has 5 nitrogen and oxygen atoms in total. The maximum absolute atomic E-state index is 13.9. The molecule has 0 aromatic heterocycles. The van der Waals surface area contributed by atoms with Crippen LogP contribution in [0.5, 0.6) is 0 Å². The third-order valence-electron chi connectivity index (χ3n) is 6.24. The van der Waals surface area contributed by atoms with E-state index in [0.717, 1.165) is 25.7 Å². The largest absolute Gasteiger partial charge is 0.344 e. The monoisotopic (exact) mass is 403 g/mol. The van der Waals surface area contributed by atoms with Gasteiger partial charge in [-0.25, -0.2) is 4.39 Å². The maximum Gasteiger partial charge on any atom is 0.245 e. The Kier molecular flexibility index (Phi) is 7.64. The summed E-state index contributed by atoms with van der Waals surface area (Å²) in [5, 5.41) is 3.05. The van der Waals surface area contributed by atoms with Crippen molar-refractivity contribution in [2.24, 2.45) is 11.8 Å². The molecule has 6 heteroatoms. The molecule has 0 radical (unpaired) electrons. The van der Waals surface area contributed by atoms with Gasteiger partial charge in [0.25, 0.3) is 0 Å². The van der Waals surface area contributed by atoms with Crippen LogP contribution in [0.4, 0.5) is 4.39 Å². The smallest absolute Gasteiger partial charge is 0.245 e. The van der Waals surface area contributed by atoms with Crippen LogP contribution in [0.1, 0.15) is 51.5 Å². The third-order valence-corrected chi connectivity index (χ3v) is 6.24. The molecule has 1 atom stereocenters. The molecular weight excluding hydrogens is 369 g/mol. The summed E-state index contributed by atoms with van der Waals surface area (Å²) in [6.07, 6.45) is 5.26. The van der Waals surface area contributed by atoms with Crippen LogP contribution in [0.3, 0.4) is 0 Å². The van der Waals surface area contributed by atoms with Crippen LogP contribution in [0, 0.1) is 17.7 Å². The molecule has 1 heterocycles. The lowest BCUT2D eigenvalue weighted by Gasteiger charge is -2.37. The number of carbonyl (C=O) groups is 2. The van der Waals surface area contributed by atoms with E-state index in [-0.39, 0.29) is 29.5 Å². The van der Waals surface area contributed by atoms with Crippen molar-refractivity contribution in [3.8, 4) is 0 Å². The summed E-state index contributed by atoms with van der Waals surface area (Å²) in [5.41, 5.74) is 0.687. The number of nitrogens with one attached hydrogen (secondary N) is 1. The number of hydrogen-bond donors (Lipinski definition) is 1. The van der Waals surface area contributed by atoms with Crippen molar-refractivity contribution in [3.05, 3.63) is 35.6 Å². The van der Waals surface area contributed by atoms with Crippen LogP contribution < -0.4 is 5.32 Å². The fourth-order valence-corrected chi connectivity index (χ4v) is 4.34. The van der Waals surface area contributed by atoms with E-state index < -0.39 is 6.04 Å². The van der Waals surface area contributed by atoms with Crippen LogP contribution in [0.15, 0.2) is 24.3 Å². The van der Waals surface area contributed by atoms with Crippen molar-refractivity contribution in [2.75, 3.05) is 26.2 Å². The van der Waals surface area contributed by atoms with Crippen molar-refractivity contribution in [1.29, 1.82) is 0 Å². The van der Waals surface area contributed by atoms with E-state index in [1.807, 2.05) is 30.9 Å². The highest BCUT2D eigenvalue weighted by atomic mass is 19.1. The van der Waals surface area contributed by atoms with Crippen LogP contribution in [-0.4, -0.2) is 53.8 Å². The zero-order chi connectivity index (χ0) is 20.8. The van der Waals surface area contributed by atoms with Gasteiger partial charge in [0.15, 0.2) is 0 Å². The predicted molar refractivity (Wildman–Crippen MR) is 112 cm³/mol. The molecule has 1 aliphatic carbocycles. The first kappa shape index (κ1) is 21.8. The minimum Gasteiger partial charge on any atom is -0.344 e. The van der Waals surface area contributed by atoms with E-state index in [1.54, 1.807) is 6.07 Å². The highest BCUT2D eigenvalue weighted by Gasteiger charge is 2.32. The van der Waals surface area contributed by atoms with Crippen LogP contribution in [0.25, 0.3) is 0 Å². The molecule has 2 amide bonds. The van der Waals surface area contributed by atoms with Gasteiger partial charge >= 0.3 is 0 Å². The summed E-state index contributed by atoms with van der Waals surface area (Å²) >= 11 is 0. The van der Waals surface area contributed by atoms with Gasteiger partial charge in [-0.3, -0.25) is 14.5 Å². The first-order chi connectivity index (χ1) is 14.0. The number of rotatable bonds is 6. The van der Waals surface area contributed by atoms with Gasteiger partial charge in [0.05, 0.1) is 0 Å². The molecule has 1 aromatic carbocycles. The van der Waals surface area contributed by atoms with Crippen molar-refractivity contribution < 1.29 is 14.0 Å². The fraction of sp³-hybridized carbons (Fsp3) is 0.652. The standard InChI is InChI=1S/C23H34FN3O2/c1-17(2)21(25-22(28)18-8-4-3-5-9-18)23(29)27-14-12-26(13-15-27)16-19-10-6-7-11-20(19)24/h6-7,10-11,17-18,21H,3-5,8-9,12-16H2,1-2H3,(H,25,28). The minimum atomic E-state index is -0.470. The Morgan fingerprint density at radius 1 is 1.07 bits per heavy atom. The number of amides is 2. The molecular formula is C23H34FN3O2. The van der Waals surface area contributed by atoms with E-state index in [4.69, 9.17) is 0 Å². The van der Waals surface area contributed by atoms with E-state index in [0.29, 0.717) is 38.3 Å². The fourth-order valence-electron chi connectivity index (χ4n) is 4.34. The predicted octanol–water partition coefficient (Wildman–Crippen LogP) is 3.19. The molecule has 2 aliphatic rings. The van der Waals surface area contributed by atoms with E-state index in [1.165, 1.54) is 12.5 Å². The van der Waals surface area contributed by atoms with Crippen LogP contribution in [-0.2, 0) is 16.1 Å². The lowest BCUT2D eigenvalue weighted by atomic mass is 9.88. The molecule has 2 fully saturated rings. The minimum absolute atomic E-state index is 0.00898. The van der Waals surface area contributed by atoms with Gasteiger partial charge in [-0.05, 0) is 24.8 Å². The first-order valence-electron chi connectivity index (χ1n) is 11.0. The third kappa shape index (κ3) is 5.78. The van der Waals surface area contributed by atoms with Crippen LogP contribution in [0.2, 0.25) is 0 Å². The number of benzene rings is 1. The molecule has 0 bridgehead atoms. The van der Waals surface area contributed by atoms with Gasteiger partial charge in [0, 0.05) is 44.2 Å². The number of carbonyl (C=O) groups excluding carboxylic acids is 2. The number of halogens is 1. The van der Waals surface area contributed by atoms with Crippen molar-refractivity contribution in [3.63, 3.8) is 0 Å². The molecule has 1 unspecified atom stereocenters. The Hall–Kier alpha value is -1.95. The van der Waals surface area contributed by atoms with Crippen molar-refractivity contribution in [1.82, 2.24) is 15.1 Å². The Balaban J connectivity index is 1.53. The topological polar surface area (TPSA) is 52.7 Å². The average molecular weight is 404 g/mol. The van der Waals surface area contributed by atoms with Gasteiger partial charge in [-0.1, -0.05) is 51.3 Å². The Bertz CT molecular complexity index is 695. The lowest BCUT2D eigenvalue weighted by Crippen LogP contribution is -2.57. The molecule has 3 rings (SSSR count). The number of nitrogens with zero attached hydrogens (tertiary/aromatic N) is 2. The number of hydrogen-bond acceptors (Lipinski definition) is 3. The average Bonchev–Trinajstić information content (AvgIpc) is 2.74. The molecule has 1 saturated carbocycles. The molecule has 1 aromatic rings. The Labute approximate surface area is 173 Å². The van der Waals surface area contributed by atoms with E-state index >= 15 is 0 Å². The second-order valence-corrected chi connectivity index (χ2v) is 8.76. The second-order valence-electron chi connectivity index (χ2n) is 8.76. The number of piperazine rings is 1. The van der Waals surface area contributed by atoms with E-state index in [9.17, 15) is 14.0 Å². The van der Waals surface area contributed by atoms with Crippen molar-refractivity contribution in [2.45, 2.75) is 58.5 Å². The molecule has 29 heavy (non-hydrogen) atoms. The highest BCUT2D eigenvalue weighted by Crippen LogP contribution is 2.24. The molecule has 0 spiro atoms. The quantitative estimate of drug-likeness (QED) is 0.794. The summed E-state index contributed by atoms with van der Waals surface area (Å²) < 4.78 is 13.9. The second kappa shape index (κ2) is 10.2. The Morgan fingerprint density at radius 3 is 2.34 bits per heavy atom. The molecule has 1 saturated heterocycles. The zero-order valence-electron chi connectivity index (χ0n) is 17.7. The van der Waals surface area contributed by atoms with Crippen LogP contribution >= 0.6 is 0 Å². The molecule has 1 N–H and O–H groups in total. The van der Waals surface area contributed by atoms with Gasteiger partial charge in [-0.15, -0.1) is 0 Å². The lowest BCUT2D eigenvalue weighted by molar-refractivity contribution is -0.140. The zero-order valence-corrected chi connectivity index (χ0v) is 17.7. The van der Waals surface area contributed by atoms with Gasteiger partial charge in [-0.2, -0.15) is 0 Å². The highest BCUT2D eigenvalue weighted by molar-refractivity contribution is 5.88. The van der Waals surface area contributed by atoms with Gasteiger partial charge in [0.1, 0.15) is 11.9 Å². The SMILES string of the molecule is CC(C)C(NC(=O)C1CCCCC1)C(=O)N1CCN(Cc2ccccc2F)CC1.